The first-order valence-electron chi connectivity index (χ1n) is 5.76. The van der Waals surface area contributed by atoms with Gasteiger partial charge < -0.3 is 5.11 Å². The zero-order valence-electron chi connectivity index (χ0n) is 9.81. The van der Waals surface area contributed by atoms with Gasteiger partial charge in [-0.2, -0.15) is 0 Å². The molecule has 0 spiro atoms. The molecule has 1 nitrogen and oxygen atoms in total. The van der Waals surface area contributed by atoms with Crippen molar-refractivity contribution in [3.63, 3.8) is 0 Å². The van der Waals surface area contributed by atoms with Gasteiger partial charge in [-0.05, 0) is 22.9 Å². The fourth-order valence-corrected chi connectivity index (χ4v) is 3.09. The highest BCUT2D eigenvalue weighted by Gasteiger charge is 2.20. The van der Waals surface area contributed by atoms with Gasteiger partial charge in [0.05, 0.1) is 0 Å². The third-order valence-electron chi connectivity index (χ3n) is 3.08. The second kappa shape index (κ2) is 4.72. The van der Waals surface area contributed by atoms with Crippen LogP contribution in [0, 0.1) is 11.6 Å². The molecule has 1 unspecified atom stereocenters. The fourth-order valence-electron chi connectivity index (χ4n) is 2.11. The minimum atomic E-state index is -1.16. The minimum Gasteiger partial charge on any atom is -0.383 e. The van der Waals surface area contributed by atoms with Crippen LogP contribution in [0.2, 0.25) is 0 Å². The molecule has 1 aromatic heterocycles. The summed E-state index contributed by atoms with van der Waals surface area (Å²) in [5.41, 5.74) is 0.564. The molecule has 0 saturated heterocycles. The molecule has 0 radical (unpaired) electrons. The van der Waals surface area contributed by atoms with Crippen molar-refractivity contribution in [1.29, 1.82) is 0 Å². The van der Waals surface area contributed by atoms with Crippen molar-refractivity contribution in [3.8, 4) is 0 Å². The van der Waals surface area contributed by atoms with Gasteiger partial charge in [-0.3, -0.25) is 0 Å². The highest BCUT2D eigenvalue weighted by molar-refractivity contribution is 7.17. The molecule has 0 aliphatic carbocycles. The van der Waals surface area contributed by atoms with E-state index in [1.54, 1.807) is 5.38 Å². The smallest absolute Gasteiger partial charge is 0.164 e. The van der Waals surface area contributed by atoms with Gasteiger partial charge in [0.25, 0.3) is 0 Å². The van der Waals surface area contributed by atoms with E-state index in [0.717, 1.165) is 16.2 Å². The van der Waals surface area contributed by atoms with Crippen LogP contribution in [0.4, 0.5) is 8.78 Å². The van der Waals surface area contributed by atoms with Crippen molar-refractivity contribution < 1.29 is 13.9 Å². The molecule has 4 heteroatoms. The molecule has 0 aliphatic rings. The van der Waals surface area contributed by atoms with Crippen LogP contribution < -0.4 is 0 Å². The van der Waals surface area contributed by atoms with Gasteiger partial charge in [-0.15, -0.1) is 11.3 Å². The standard InChI is InChI=1S/C15H10F2OS/c16-12-6-3-5-10(14(12)17)15(18)11-8-19-13-7-2-1-4-9(11)13/h1-8,15,18H. The molecule has 3 rings (SSSR count). The summed E-state index contributed by atoms with van der Waals surface area (Å²) in [6.45, 7) is 0. The van der Waals surface area contributed by atoms with Crippen LogP contribution in [-0.2, 0) is 0 Å². The van der Waals surface area contributed by atoms with Crippen molar-refractivity contribution >= 4 is 21.4 Å². The van der Waals surface area contributed by atoms with Crippen LogP contribution >= 0.6 is 11.3 Å². The third kappa shape index (κ3) is 2.03. The van der Waals surface area contributed by atoms with Gasteiger partial charge in [-0.25, -0.2) is 8.78 Å². The summed E-state index contributed by atoms with van der Waals surface area (Å²) in [4.78, 5) is 0. The largest absolute Gasteiger partial charge is 0.383 e. The Morgan fingerprint density at radius 2 is 1.74 bits per heavy atom. The van der Waals surface area contributed by atoms with E-state index in [-0.39, 0.29) is 5.56 Å². The molecule has 1 heterocycles. The van der Waals surface area contributed by atoms with E-state index in [9.17, 15) is 13.9 Å². The second-order valence-corrected chi connectivity index (χ2v) is 5.14. The van der Waals surface area contributed by atoms with Crippen LogP contribution in [0.25, 0.3) is 10.1 Å². The number of aliphatic hydroxyl groups excluding tert-OH is 1. The maximum atomic E-state index is 13.7. The Bertz CT molecular complexity index is 736. The number of thiophene rings is 1. The molecule has 1 N–H and O–H groups in total. The molecule has 0 aliphatic heterocycles. The maximum Gasteiger partial charge on any atom is 0.164 e. The molecular formula is C15H10F2OS. The molecule has 3 aromatic rings. The Hall–Kier alpha value is -1.78. The molecular weight excluding hydrogens is 266 g/mol. The van der Waals surface area contributed by atoms with Crippen LogP contribution in [0.15, 0.2) is 47.8 Å². The molecule has 1 atom stereocenters. The molecule has 2 aromatic carbocycles. The van der Waals surface area contributed by atoms with E-state index in [4.69, 9.17) is 0 Å². The van der Waals surface area contributed by atoms with E-state index in [0.29, 0.717) is 5.56 Å². The van der Waals surface area contributed by atoms with Crippen LogP contribution in [0.3, 0.4) is 0 Å². The first-order chi connectivity index (χ1) is 9.18. The molecule has 0 bridgehead atoms. The number of hydrogen-bond donors (Lipinski definition) is 1. The number of fused-ring (bicyclic) bond motifs is 1. The Labute approximate surface area is 112 Å². The SMILES string of the molecule is OC(c1cccc(F)c1F)c1csc2ccccc12. The highest BCUT2D eigenvalue weighted by Crippen LogP contribution is 2.34. The topological polar surface area (TPSA) is 20.2 Å². The summed E-state index contributed by atoms with van der Waals surface area (Å²) < 4.78 is 27.9. The lowest BCUT2D eigenvalue weighted by Gasteiger charge is -2.11. The van der Waals surface area contributed by atoms with Crippen molar-refractivity contribution in [2.24, 2.45) is 0 Å². The number of aliphatic hydroxyl groups is 1. The fraction of sp³-hybridized carbons (Fsp3) is 0.0667. The maximum absolute atomic E-state index is 13.7. The summed E-state index contributed by atoms with van der Waals surface area (Å²) in [5.74, 6) is -1.94. The number of rotatable bonds is 2. The zero-order valence-corrected chi connectivity index (χ0v) is 10.6. The monoisotopic (exact) mass is 276 g/mol. The Balaban J connectivity index is 2.13. The Morgan fingerprint density at radius 1 is 0.947 bits per heavy atom. The van der Waals surface area contributed by atoms with E-state index < -0.39 is 17.7 Å². The Kier molecular flexibility index (Phi) is 3.05. The first kappa shape index (κ1) is 12.3. The van der Waals surface area contributed by atoms with Gasteiger partial charge in [-0.1, -0.05) is 30.3 Å². The van der Waals surface area contributed by atoms with Gasteiger partial charge in [0, 0.05) is 15.8 Å². The number of benzene rings is 2. The number of hydrogen-bond acceptors (Lipinski definition) is 2. The highest BCUT2D eigenvalue weighted by atomic mass is 32.1. The normalized spacial score (nSPS) is 12.8. The molecule has 19 heavy (non-hydrogen) atoms. The lowest BCUT2D eigenvalue weighted by atomic mass is 10.0. The molecule has 0 saturated carbocycles. The second-order valence-electron chi connectivity index (χ2n) is 4.23. The summed E-state index contributed by atoms with van der Waals surface area (Å²) in [6, 6.07) is 11.4. The molecule has 0 amide bonds. The first-order valence-corrected chi connectivity index (χ1v) is 6.64. The quantitative estimate of drug-likeness (QED) is 0.741. The average Bonchev–Trinajstić information content (AvgIpc) is 2.85. The van der Waals surface area contributed by atoms with Gasteiger partial charge >= 0.3 is 0 Å². The third-order valence-corrected chi connectivity index (χ3v) is 4.06. The van der Waals surface area contributed by atoms with Gasteiger partial charge in [0.1, 0.15) is 6.10 Å². The average molecular weight is 276 g/mol. The summed E-state index contributed by atoms with van der Waals surface area (Å²) in [7, 11) is 0. The van der Waals surface area contributed by atoms with E-state index in [2.05, 4.69) is 0 Å². The molecule has 96 valence electrons. The predicted molar refractivity (Wildman–Crippen MR) is 72.2 cm³/mol. The van der Waals surface area contributed by atoms with Crippen molar-refractivity contribution in [1.82, 2.24) is 0 Å². The van der Waals surface area contributed by atoms with Crippen LogP contribution in [0.5, 0.6) is 0 Å². The summed E-state index contributed by atoms with van der Waals surface area (Å²) in [5, 5.41) is 12.9. The van der Waals surface area contributed by atoms with Gasteiger partial charge in [0.2, 0.25) is 0 Å². The lowest BCUT2D eigenvalue weighted by Crippen LogP contribution is -2.03. The summed E-state index contributed by atoms with van der Waals surface area (Å²) >= 11 is 1.47. The van der Waals surface area contributed by atoms with Crippen LogP contribution in [0.1, 0.15) is 17.2 Å². The van der Waals surface area contributed by atoms with Crippen molar-refractivity contribution in [2.45, 2.75) is 6.10 Å². The number of halogens is 2. The van der Waals surface area contributed by atoms with Crippen LogP contribution in [-0.4, -0.2) is 5.11 Å². The van der Waals surface area contributed by atoms with Gasteiger partial charge in [0.15, 0.2) is 11.6 Å². The van der Waals surface area contributed by atoms with E-state index >= 15 is 0 Å². The zero-order chi connectivity index (χ0) is 13.4. The summed E-state index contributed by atoms with van der Waals surface area (Å²) in [6.07, 6.45) is -1.16. The molecule has 0 fully saturated rings. The Morgan fingerprint density at radius 3 is 2.58 bits per heavy atom. The van der Waals surface area contributed by atoms with Crippen molar-refractivity contribution in [2.75, 3.05) is 0 Å². The minimum absolute atomic E-state index is 0.0384. The van der Waals surface area contributed by atoms with E-state index in [1.165, 1.54) is 23.5 Å². The predicted octanol–water partition coefficient (Wildman–Crippen LogP) is 4.26. The lowest BCUT2D eigenvalue weighted by molar-refractivity contribution is 0.215. The van der Waals surface area contributed by atoms with Crippen molar-refractivity contribution in [3.05, 3.63) is 70.6 Å². The van der Waals surface area contributed by atoms with E-state index in [1.807, 2.05) is 24.3 Å².